The molecule has 0 saturated heterocycles. The Bertz CT molecular complexity index is 429. The topological polar surface area (TPSA) is 27.6 Å². The third-order valence-corrected chi connectivity index (χ3v) is 4.16. The molecule has 0 amide bonds. The van der Waals surface area contributed by atoms with E-state index in [1.807, 2.05) is 0 Å². The molecular weight excluding hydrogens is 325 g/mol. The lowest BCUT2D eigenvalue weighted by molar-refractivity contribution is 0.446. The van der Waals surface area contributed by atoms with Crippen molar-refractivity contribution >= 4 is 28.6 Å². The van der Waals surface area contributed by atoms with Crippen LogP contribution in [-0.2, 0) is 6.54 Å². The number of aryl methyl sites for hydroxylation is 1. The molecule has 92 valence electrons. The van der Waals surface area contributed by atoms with Crippen molar-refractivity contribution in [3.05, 3.63) is 32.9 Å². The van der Waals surface area contributed by atoms with Gasteiger partial charge in [0.2, 0.25) is 0 Å². The summed E-state index contributed by atoms with van der Waals surface area (Å²) in [6.07, 6.45) is 1.16. The minimum absolute atomic E-state index is 0.848. The molecule has 1 aliphatic rings. The second kappa shape index (κ2) is 5.71. The molecule has 4 heteroatoms. The number of hydrogen-bond acceptors (Lipinski definition) is 3. The van der Waals surface area contributed by atoms with Gasteiger partial charge in [-0.3, -0.25) is 4.99 Å². The number of guanidine groups is 1. The van der Waals surface area contributed by atoms with Crippen molar-refractivity contribution in [3.8, 4) is 0 Å². The normalized spacial score (nSPS) is 15.7. The van der Waals surface area contributed by atoms with Crippen LogP contribution in [-0.4, -0.2) is 31.0 Å². The molecule has 1 aromatic carbocycles. The Balaban J connectivity index is 1.97. The maximum atomic E-state index is 4.50. The summed E-state index contributed by atoms with van der Waals surface area (Å²) in [6.45, 7) is 5.03. The van der Waals surface area contributed by atoms with Crippen LogP contribution in [0.3, 0.4) is 0 Å². The molecule has 0 atom stereocenters. The average molecular weight is 343 g/mol. The van der Waals surface area contributed by atoms with Gasteiger partial charge in [0.25, 0.3) is 0 Å². The summed E-state index contributed by atoms with van der Waals surface area (Å²) in [4.78, 5) is 6.68. The molecule has 0 saturated carbocycles. The predicted octanol–water partition coefficient (Wildman–Crippen LogP) is 2.38. The smallest absolute Gasteiger partial charge is 0.193 e. The highest BCUT2D eigenvalue weighted by molar-refractivity contribution is 14.1. The second-order valence-electron chi connectivity index (χ2n) is 4.42. The Morgan fingerprint density at radius 2 is 2.29 bits per heavy atom. The van der Waals surface area contributed by atoms with E-state index < -0.39 is 0 Å². The zero-order chi connectivity index (χ0) is 12.3. The number of rotatable bonds is 2. The number of halogens is 1. The summed E-state index contributed by atoms with van der Waals surface area (Å²) in [5.41, 5.74) is 2.65. The van der Waals surface area contributed by atoms with Crippen molar-refractivity contribution in [1.29, 1.82) is 0 Å². The Morgan fingerprint density at radius 3 is 3.00 bits per heavy atom. The Kier molecular flexibility index (Phi) is 4.25. The van der Waals surface area contributed by atoms with Gasteiger partial charge in [-0.15, -0.1) is 0 Å². The molecule has 1 aromatic rings. The SMILES string of the molecule is Cc1cc(CNC2=NCCCN2C)ccc1I. The third kappa shape index (κ3) is 3.34. The van der Waals surface area contributed by atoms with Gasteiger partial charge in [0.05, 0.1) is 0 Å². The van der Waals surface area contributed by atoms with Gasteiger partial charge in [-0.05, 0) is 53.1 Å². The van der Waals surface area contributed by atoms with Crippen LogP contribution in [0, 0.1) is 10.5 Å². The summed E-state index contributed by atoms with van der Waals surface area (Å²) >= 11 is 2.36. The van der Waals surface area contributed by atoms with Crippen molar-refractivity contribution in [2.24, 2.45) is 4.99 Å². The Morgan fingerprint density at radius 1 is 1.47 bits per heavy atom. The molecule has 17 heavy (non-hydrogen) atoms. The molecule has 3 nitrogen and oxygen atoms in total. The highest BCUT2D eigenvalue weighted by atomic mass is 127. The van der Waals surface area contributed by atoms with E-state index in [2.05, 4.69) is 70.0 Å². The van der Waals surface area contributed by atoms with E-state index >= 15 is 0 Å². The predicted molar refractivity (Wildman–Crippen MR) is 80.3 cm³/mol. The fourth-order valence-electron chi connectivity index (χ4n) is 1.91. The summed E-state index contributed by atoms with van der Waals surface area (Å²) in [5.74, 6) is 1.02. The lowest BCUT2D eigenvalue weighted by Crippen LogP contribution is -2.41. The lowest BCUT2D eigenvalue weighted by Gasteiger charge is -2.25. The van der Waals surface area contributed by atoms with E-state index in [1.54, 1.807) is 0 Å². The lowest BCUT2D eigenvalue weighted by atomic mass is 10.1. The molecule has 0 spiro atoms. The average Bonchev–Trinajstić information content (AvgIpc) is 2.32. The molecule has 0 aromatic heterocycles. The first kappa shape index (κ1) is 12.7. The first-order chi connectivity index (χ1) is 8.16. The molecule has 1 heterocycles. The highest BCUT2D eigenvalue weighted by Gasteiger charge is 2.09. The van der Waals surface area contributed by atoms with Crippen molar-refractivity contribution in [2.45, 2.75) is 19.9 Å². The van der Waals surface area contributed by atoms with Crippen LogP contribution >= 0.6 is 22.6 Å². The second-order valence-corrected chi connectivity index (χ2v) is 5.58. The van der Waals surface area contributed by atoms with Gasteiger partial charge in [0, 0.05) is 30.3 Å². The van der Waals surface area contributed by atoms with E-state index in [4.69, 9.17) is 0 Å². The third-order valence-electron chi connectivity index (χ3n) is 2.95. The standard InChI is InChI=1S/C13H18IN3/c1-10-8-11(4-5-12(10)14)9-16-13-15-6-3-7-17(13)2/h4-5,8H,3,6-7,9H2,1-2H3,(H,15,16). The first-order valence-electron chi connectivity index (χ1n) is 5.91. The van der Waals surface area contributed by atoms with Crippen molar-refractivity contribution < 1.29 is 0 Å². The summed E-state index contributed by atoms with van der Waals surface area (Å²) in [7, 11) is 2.09. The zero-order valence-electron chi connectivity index (χ0n) is 10.3. The van der Waals surface area contributed by atoms with Crippen molar-refractivity contribution in [1.82, 2.24) is 10.2 Å². The molecule has 1 N–H and O–H groups in total. The van der Waals surface area contributed by atoms with Gasteiger partial charge in [0.1, 0.15) is 0 Å². The van der Waals surface area contributed by atoms with E-state index in [0.717, 1.165) is 32.0 Å². The van der Waals surface area contributed by atoms with Crippen molar-refractivity contribution in [2.75, 3.05) is 20.1 Å². The minimum Gasteiger partial charge on any atom is -0.352 e. The molecular formula is C13H18IN3. The fraction of sp³-hybridized carbons (Fsp3) is 0.462. The van der Waals surface area contributed by atoms with Gasteiger partial charge >= 0.3 is 0 Å². The van der Waals surface area contributed by atoms with E-state index in [9.17, 15) is 0 Å². The number of benzene rings is 1. The van der Waals surface area contributed by atoms with Crippen LogP contribution in [0.25, 0.3) is 0 Å². The molecule has 1 aliphatic heterocycles. The van der Waals surface area contributed by atoms with Crippen LogP contribution < -0.4 is 5.32 Å². The first-order valence-corrected chi connectivity index (χ1v) is 6.99. The number of nitrogens with one attached hydrogen (secondary N) is 1. The summed E-state index contributed by atoms with van der Waals surface area (Å²) < 4.78 is 1.32. The van der Waals surface area contributed by atoms with E-state index in [0.29, 0.717) is 0 Å². The molecule has 0 aliphatic carbocycles. The molecule has 0 unspecified atom stereocenters. The zero-order valence-corrected chi connectivity index (χ0v) is 12.5. The van der Waals surface area contributed by atoms with Crippen LogP contribution in [0.1, 0.15) is 17.5 Å². The molecule has 0 radical (unpaired) electrons. The quantitative estimate of drug-likeness (QED) is 0.835. The Labute approximate surface area is 116 Å². The van der Waals surface area contributed by atoms with Gasteiger partial charge in [-0.1, -0.05) is 12.1 Å². The summed E-state index contributed by atoms with van der Waals surface area (Å²) in [5, 5.41) is 3.41. The van der Waals surface area contributed by atoms with Gasteiger partial charge in [0.15, 0.2) is 5.96 Å². The van der Waals surface area contributed by atoms with Gasteiger partial charge < -0.3 is 10.2 Å². The maximum absolute atomic E-state index is 4.50. The van der Waals surface area contributed by atoms with Gasteiger partial charge in [-0.2, -0.15) is 0 Å². The number of nitrogens with zero attached hydrogens (tertiary/aromatic N) is 2. The van der Waals surface area contributed by atoms with Crippen LogP contribution in [0.5, 0.6) is 0 Å². The molecule has 0 bridgehead atoms. The Hall–Kier alpha value is -0.780. The number of aliphatic imine (C=N–C) groups is 1. The van der Waals surface area contributed by atoms with Crippen LogP contribution in [0.15, 0.2) is 23.2 Å². The van der Waals surface area contributed by atoms with Crippen LogP contribution in [0.2, 0.25) is 0 Å². The molecule has 2 rings (SSSR count). The fourth-order valence-corrected chi connectivity index (χ4v) is 2.24. The highest BCUT2D eigenvalue weighted by Crippen LogP contribution is 2.13. The van der Waals surface area contributed by atoms with Crippen LogP contribution in [0.4, 0.5) is 0 Å². The monoisotopic (exact) mass is 343 g/mol. The minimum atomic E-state index is 0.848. The molecule has 0 fully saturated rings. The maximum Gasteiger partial charge on any atom is 0.193 e. The largest absolute Gasteiger partial charge is 0.352 e. The number of hydrogen-bond donors (Lipinski definition) is 1. The van der Waals surface area contributed by atoms with Gasteiger partial charge in [-0.25, -0.2) is 0 Å². The van der Waals surface area contributed by atoms with E-state index in [1.165, 1.54) is 14.7 Å². The summed E-state index contributed by atoms with van der Waals surface area (Å²) in [6, 6.07) is 6.57. The van der Waals surface area contributed by atoms with Crippen molar-refractivity contribution in [3.63, 3.8) is 0 Å². The van der Waals surface area contributed by atoms with E-state index in [-0.39, 0.29) is 0 Å².